The summed E-state index contributed by atoms with van der Waals surface area (Å²) in [6.07, 6.45) is -0.750. The molecule has 114 valence electrons. The molecule has 1 aliphatic rings. The number of benzene rings is 1. The Bertz CT molecular complexity index is 600. The monoisotopic (exact) mass is 301 g/mol. The van der Waals surface area contributed by atoms with Crippen LogP contribution in [0.25, 0.3) is 0 Å². The topological polar surface area (TPSA) is 73.9 Å². The molecule has 0 aliphatic carbocycles. The standard InChI is InChI=1S/C13H13F2NO5/c1-13(2)8-5-6(20-11(14)15)4-7(10(17)19-3)9(8)16-12(18)21-13/h4-5,11H,1-3H3,(H,16,18). The lowest BCUT2D eigenvalue weighted by Crippen LogP contribution is -2.36. The molecule has 1 amide bonds. The SMILES string of the molecule is COC(=O)c1cc(OC(F)F)cc2c1NC(=O)OC2(C)C. The maximum atomic E-state index is 12.4. The molecule has 6 nitrogen and oxygen atoms in total. The Balaban J connectivity index is 2.64. The molecule has 0 radical (unpaired) electrons. The number of carbonyl (C=O) groups excluding carboxylic acids is 2. The zero-order chi connectivity index (χ0) is 15.8. The summed E-state index contributed by atoms with van der Waals surface area (Å²) in [7, 11) is 1.14. The molecule has 1 aromatic rings. The molecule has 1 aromatic carbocycles. The molecular formula is C13H13F2NO5. The lowest BCUT2D eigenvalue weighted by atomic mass is 9.92. The van der Waals surface area contributed by atoms with Crippen molar-refractivity contribution in [3.63, 3.8) is 0 Å². The summed E-state index contributed by atoms with van der Waals surface area (Å²) in [5.41, 5.74) is -0.706. The number of amides is 1. The van der Waals surface area contributed by atoms with Gasteiger partial charge in [0.05, 0.1) is 18.4 Å². The summed E-state index contributed by atoms with van der Waals surface area (Å²) in [6, 6.07) is 2.37. The maximum Gasteiger partial charge on any atom is 0.412 e. The Morgan fingerprint density at radius 2 is 2.05 bits per heavy atom. The average Bonchev–Trinajstić information content (AvgIpc) is 2.36. The minimum absolute atomic E-state index is 0.0876. The highest BCUT2D eigenvalue weighted by Gasteiger charge is 2.37. The van der Waals surface area contributed by atoms with Gasteiger partial charge in [-0.05, 0) is 26.0 Å². The Kier molecular flexibility index (Phi) is 3.71. The molecule has 8 heteroatoms. The van der Waals surface area contributed by atoms with Gasteiger partial charge in [0, 0.05) is 5.56 Å². The first-order valence-electron chi connectivity index (χ1n) is 5.96. The van der Waals surface area contributed by atoms with Crippen molar-refractivity contribution in [2.24, 2.45) is 0 Å². The van der Waals surface area contributed by atoms with Gasteiger partial charge in [0.2, 0.25) is 0 Å². The van der Waals surface area contributed by atoms with E-state index in [0.717, 1.165) is 13.2 Å². The van der Waals surface area contributed by atoms with Gasteiger partial charge in [-0.1, -0.05) is 0 Å². The number of anilines is 1. The molecule has 1 N–H and O–H groups in total. The molecule has 0 spiro atoms. The van der Waals surface area contributed by atoms with Crippen LogP contribution in [0.3, 0.4) is 0 Å². The van der Waals surface area contributed by atoms with E-state index < -0.39 is 24.3 Å². The van der Waals surface area contributed by atoms with Crippen molar-refractivity contribution in [1.82, 2.24) is 0 Å². The second kappa shape index (κ2) is 5.19. The number of cyclic esters (lactones) is 1. The minimum Gasteiger partial charge on any atom is -0.465 e. The molecule has 0 bridgehead atoms. The molecule has 0 atom stereocenters. The summed E-state index contributed by atoms with van der Waals surface area (Å²) in [4.78, 5) is 23.3. The fourth-order valence-corrected chi connectivity index (χ4v) is 2.08. The normalized spacial score (nSPS) is 15.8. The van der Waals surface area contributed by atoms with Crippen LogP contribution in [0.1, 0.15) is 29.8 Å². The molecular weight excluding hydrogens is 288 g/mol. The Hall–Kier alpha value is -2.38. The van der Waals surface area contributed by atoms with Crippen LogP contribution in [0.5, 0.6) is 5.75 Å². The van der Waals surface area contributed by atoms with Crippen LogP contribution >= 0.6 is 0 Å². The molecule has 0 fully saturated rings. The summed E-state index contributed by atoms with van der Waals surface area (Å²) >= 11 is 0. The lowest BCUT2D eigenvalue weighted by Gasteiger charge is -2.33. The van der Waals surface area contributed by atoms with Crippen LogP contribution in [0.15, 0.2) is 12.1 Å². The highest BCUT2D eigenvalue weighted by molar-refractivity contribution is 6.02. The van der Waals surface area contributed by atoms with Gasteiger partial charge in [-0.3, -0.25) is 5.32 Å². The second-order valence-electron chi connectivity index (χ2n) is 4.79. The minimum atomic E-state index is -3.05. The molecule has 0 unspecified atom stereocenters. The molecule has 0 saturated heterocycles. The number of alkyl halides is 2. The van der Waals surface area contributed by atoms with Gasteiger partial charge in [0.1, 0.15) is 11.4 Å². The maximum absolute atomic E-state index is 12.4. The number of esters is 1. The second-order valence-corrected chi connectivity index (χ2v) is 4.79. The van der Waals surface area contributed by atoms with Crippen LogP contribution < -0.4 is 10.1 Å². The van der Waals surface area contributed by atoms with E-state index in [1.807, 2.05) is 0 Å². The third-order valence-electron chi connectivity index (χ3n) is 2.97. The Morgan fingerprint density at radius 3 is 2.62 bits per heavy atom. The Labute approximate surface area is 119 Å². The number of hydrogen-bond donors (Lipinski definition) is 1. The van der Waals surface area contributed by atoms with E-state index in [0.29, 0.717) is 5.56 Å². The zero-order valence-electron chi connectivity index (χ0n) is 11.5. The van der Waals surface area contributed by atoms with Crippen LogP contribution in [-0.2, 0) is 15.1 Å². The largest absolute Gasteiger partial charge is 0.465 e. The van der Waals surface area contributed by atoms with Crippen molar-refractivity contribution in [2.75, 3.05) is 12.4 Å². The van der Waals surface area contributed by atoms with Crippen molar-refractivity contribution in [3.8, 4) is 5.75 Å². The zero-order valence-corrected chi connectivity index (χ0v) is 11.5. The third-order valence-corrected chi connectivity index (χ3v) is 2.97. The average molecular weight is 301 g/mol. The number of hydrogen-bond acceptors (Lipinski definition) is 5. The van der Waals surface area contributed by atoms with Crippen LogP contribution in [0.2, 0.25) is 0 Å². The number of fused-ring (bicyclic) bond motifs is 1. The van der Waals surface area contributed by atoms with E-state index in [4.69, 9.17) is 4.74 Å². The van der Waals surface area contributed by atoms with Crippen molar-refractivity contribution in [3.05, 3.63) is 23.3 Å². The molecule has 0 aromatic heterocycles. The number of nitrogens with one attached hydrogen (secondary N) is 1. The number of halogens is 2. The highest BCUT2D eigenvalue weighted by Crippen LogP contribution is 2.40. The molecule has 21 heavy (non-hydrogen) atoms. The predicted octanol–water partition coefficient (Wildman–Crippen LogP) is 2.87. The Morgan fingerprint density at radius 1 is 1.38 bits per heavy atom. The number of methoxy groups -OCH3 is 1. The smallest absolute Gasteiger partial charge is 0.412 e. The number of ether oxygens (including phenoxy) is 3. The van der Waals surface area contributed by atoms with Gasteiger partial charge >= 0.3 is 18.7 Å². The molecule has 1 aliphatic heterocycles. The molecule has 0 saturated carbocycles. The lowest BCUT2D eigenvalue weighted by molar-refractivity contribution is -0.0503. The summed E-state index contributed by atoms with van der Waals surface area (Å²) < 4.78 is 38.8. The predicted molar refractivity (Wildman–Crippen MR) is 67.5 cm³/mol. The summed E-state index contributed by atoms with van der Waals surface area (Å²) in [6.45, 7) is 0.0889. The highest BCUT2D eigenvalue weighted by atomic mass is 19.3. The van der Waals surface area contributed by atoms with Crippen molar-refractivity contribution in [2.45, 2.75) is 26.1 Å². The summed E-state index contributed by atoms with van der Waals surface area (Å²) in [5.74, 6) is -1.01. The first-order valence-corrected chi connectivity index (χ1v) is 5.96. The van der Waals surface area contributed by atoms with E-state index in [1.54, 1.807) is 13.8 Å². The fourth-order valence-electron chi connectivity index (χ4n) is 2.08. The van der Waals surface area contributed by atoms with Gasteiger partial charge in [0.25, 0.3) is 0 Å². The van der Waals surface area contributed by atoms with Gasteiger partial charge in [-0.25, -0.2) is 9.59 Å². The summed E-state index contributed by atoms with van der Waals surface area (Å²) in [5, 5.41) is 2.37. The van der Waals surface area contributed by atoms with Crippen molar-refractivity contribution in [1.29, 1.82) is 0 Å². The van der Waals surface area contributed by atoms with Crippen LogP contribution in [-0.4, -0.2) is 25.8 Å². The van der Waals surface area contributed by atoms with E-state index in [-0.39, 0.29) is 17.0 Å². The van der Waals surface area contributed by atoms with E-state index in [9.17, 15) is 18.4 Å². The first-order chi connectivity index (χ1) is 9.74. The van der Waals surface area contributed by atoms with Gasteiger partial charge in [-0.2, -0.15) is 8.78 Å². The molecule has 2 rings (SSSR count). The van der Waals surface area contributed by atoms with Crippen molar-refractivity contribution < 1.29 is 32.6 Å². The first kappa shape index (κ1) is 15.0. The molecule has 1 heterocycles. The van der Waals surface area contributed by atoms with Gasteiger partial charge in [-0.15, -0.1) is 0 Å². The van der Waals surface area contributed by atoms with Gasteiger partial charge < -0.3 is 14.2 Å². The van der Waals surface area contributed by atoms with Crippen LogP contribution in [0.4, 0.5) is 19.3 Å². The fraction of sp³-hybridized carbons (Fsp3) is 0.385. The van der Waals surface area contributed by atoms with E-state index in [1.165, 1.54) is 6.07 Å². The van der Waals surface area contributed by atoms with E-state index in [2.05, 4.69) is 14.8 Å². The van der Waals surface area contributed by atoms with E-state index >= 15 is 0 Å². The quantitative estimate of drug-likeness (QED) is 0.869. The number of carbonyl (C=O) groups is 2. The number of rotatable bonds is 3. The third kappa shape index (κ3) is 2.88. The van der Waals surface area contributed by atoms with Gasteiger partial charge in [0.15, 0.2) is 0 Å². The van der Waals surface area contributed by atoms with Crippen LogP contribution in [0, 0.1) is 0 Å². The van der Waals surface area contributed by atoms with Crippen molar-refractivity contribution >= 4 is 17.7 Å².